The Labute approximate surface area is 157 Å². The van der Waals surface area contributed by atoms with Gasteiger partial charge in [-0.1, -0.05) is 6.07 Å². The molecule has 0 fully saturated rings. The molecule has 0 saturated carbocycles. The summed E-state index contributed by atoms with van der Waals surface area (Å²) >= 11 is 0. The van der Waals surface area contributed by atoms with E-state index in [0.29, 0.717) is 31.0 Å². The first-order valence-corrected chi connectivity index (χ1v) is 8.79. The smallest absolute Gasteiger partial charge is 0.289 e. The minimum atomic E-state index is -0.381. The summed E-state index contributed by atoms with van der Waals surface area (Å²) in [5.41, 5.74) is 5.08. The summed E-state index contributed by atoms with van der Waals surface area (Å²) in [6, 6.07) is 5.10. The molecule has 142 valence electrons. The van der Waals surface area contributed by atoms with Gasteiger partial charge in [0.25, 0.3) is 11.8 Å². The molecule has 8 heteroatoms. The molecule has 1 aliphatic carbocycles. The molecule has 2 heterocycles. The van der Waals surface area contributed by atoms with Crippen LogP contribution in [-0.2, 0) is 11.2 Å². The standard InChI is InChI=1S/C19H22N4O4/c1-12-16-13(22-23-18(24)14-6-3-4-9-20-14)7-5-8-15(16)27-17(12)19(25)21-10-11-26-2/h3-4,6,9H,5,7-8,10-11H2,1-2H3,(H,21,25)(H,23,24)/b22-13+. The molecule has 0 unspecified atom stereocenters. The second kappa shape index (κ2) is 8.59. The number of carbonyl (C=O) groups is 2. The van der Waals surface area contributed by atoms with Crippen LogP contribution in [0.2, 0.25) is 0 Å². The van der Waals surface area contributed by atoms with Gasteiger partial charge >= 0.3 is 0 Å². The first kappa shape index (κ1) is 18.8. The number of carbonyl (C=O) groups excluding carboxylic acids is 2. The molecule has 3 rings (SSSR count). The van der Waals surface area contributed by atoms with Gasteiger partial charge < -0.3 is 14.5 Å². The highest BCUT2D eigenvalue weighted by molar-refractivity contribution is 6.07. The maximum atomic E-state index is 12.3. The summed E-state index contributed by atoms with van der Waals surface area (Å²) in [5.74, 6) is 0.341. The van der Waals surface area contributed by atoms with Crippen LogP contribution in [0.15, 0.2) is 33.9 Å². The van der Waals surface area contributed by atoms with E-state index >= 15 is 0 Å². The van der Waals surface area contributed by atoms with Crippen molar-refractivity contribution in [1.29, 1.82) is 0 Å². The molecule has 0 aromatic carbocycles. The van der Waals surface area contributed by atoms with Crippen LogP contribution >= 0.6 is 0 Å². The van der Waals surface area contributed by atoms with E-state index in [0.717, 1.165) is 29.7 Å². The first-order valence-electron chi connectivity index (χ1n) is 8.79. The molecule has 0 aliphatic heterocycles. The number of aromatic nitrogens is 1. The molecule has 2 N–H and O–H groups in total. The van der Waals surface area contributed by atoms with Gasteiger partial charge in [0.2, 0.25) is 0 Å². The number of hydrazone groups is 1. The Balaban J connectivity index is 1.79. The number of methoxy groups -OCH3 is 1. The molecule has 2 aromatic rings. The van der Waals surface area contributed by atoms with E-state index in [4.69, 9.17) is 9.15 Å². The highest BCUT2D eigenvalue weighted by Gasteiger charge is 2.28. The van der Waals surface area contributed by atoms with Gasteiger partial charge in [0.1, 0.15) is 11.5 Å². The fourth-order valence-electron chi connectivity index (χ4n) is 3.02. The Kier molecular flexibility index (Phi) is 5.97. The molecule has 27 heavy (non-hydrogen) atoms. The average molecular weight is 370 g/mol. The average Bonchev–Trinajstić information content (AvgIpc) is 3.04. The monoisotopic (exact) mass is 370 g/mol. The van der Waals surface area contributed by atoms with E-state index < -0.39 is 0 Å². The number of hydrogen-bond acceptors (Lipinski definition) is 6. The van der Waals surface area contributed by atoms with Crippen molar-refractivity contribution in [2.75, 3.05) is 20.3 Å². The normalized spacial score (nSPS) is 14.7. The number of ether oxygens (including phenoxy) is 1. The number of nitrogens with zero attached hydrogens (tertiary/aromatic N) is 2. The summed E-state index contributed by atoms with van der Waals surface area (Å²) in [5, 5.41) is 7.04. The van der Waals surface area contributed by atoms with Crippen molar-refractivity contribution in [3.05, 3.63) is 52.7 Å². The fraction of sp³-hybridized carbons (Fsp3) is 0.368. The third kappa shape index (κ3) is 4.22. The third-order valence-electron chi connectivity index (χ3n) is 4.31. The van der Waals surface area contributed by atoms with Crippen molar-refractivity contribution in [2.45, 2.75) is 26.2 Å². The van der Waals surface area contributed by atoms with E-state index in [2.05, 4.69) is 20.8 Å². The Morgan fingerprint density at radius 1 is 1.30 bits per heavy atom. The number of hydrogen-bond donors (Lipinski definition) is 2. The van der Waals surface area contributed by atoms with Crippen LogP contribution in [0.5, 0.6) is 0 Å². The molecule has 0 radical (unpaired) electrons. The van der Waals surface area contributed by atoms with Crippen LogP contribution in [0.4, 0.5) is 0 Å². The lowest BCUT2D eigenvalue weighted by Gasteiger charge is -2.13. The molecular weight excluding hydrogens is 348 g/mol. The number of amides is 2. The zero-order valence-electron chi connectivity index (χ0n) is 15.4. The molecule has 2 aromatic heterocycles. The second-order valence-corrected chi connectivity index (χ2v) is 6.17. The van der Waals surface area contributed by atoms with E-state index in [-0.39, 0.29) is 17.6 Å². The number of nitrogens with one attached hydrogen (secondary N) is 2. The van der Waals surface area contributed by atoms with Crippen molar-refractivity contribution in [3.63, 3.8) is 0 Å². The number of rotatable bonds is 6. The second-order valence-electron chi connectivity index (χ2n) is 6.17. The summed E-state index contributed by atoms with van der Waals surface area (Å²) in [6.07, 6.45) is 3.81. The molecular formula is C19H22N4O4. The number of aryl methyl sites for hydroxylation is 1. The lowest BCUT2D eigenvalue weighted by molar-refractivity contribution is 0.0905. The predicted molar refractivity (Wildman–Crippen MR) is 98.8 cm³/mol. The zero-order valence-corrected chi connectivity index (χ0v) is 15.4. The predicted octanol–water partition coefficient (Wildman–Crippen LogP) is 1.83. The SMILES string of the molecule is COCCNC(=O)c1oc2c(c1C)/C(=N/NC(=O)c1ccccn1)CCC2. The minimum Gasteiger partial charge on any atom is -0.455 e. The molecule has 0 spiro atoms. The Morgan fingerprint density at radius 3 is 2.89 bits per heavy atom. The number of pyridine rings is 1. The number of fused-ring (bicyclic) bond motifs is 1. The van der Waals surface area contributed by atoms with E-state index in [1.165, 1.54) is 0 Å². The minimum absolute atomic E-state index is 0.279. The van der Waals surface area contributed by atoms with Crippen molar-refractivity contribution in [3.8, 4) is 0 Å². The van der Waals surface area contributed by atoms with Crippen molar-refractivity contribution in [2.24, 2.45) is 5.10 Å². The third-order valence-corrected chi connectivity index (χ3v) is 4.31. The largest absolute Gasteiger partial charge is 0.455 e. The highest BCUT2D eigenvalue weighted by atomic mass is 16.5. The van der Waals surface area contributed by atoms with E-state index in [1.807, 2.05) is 6.92 Å². The topological polar surface area (TPSA) is 106 Å². The Bertz CT molecular complexity index is 858. The maximum absolute atomic E-state index is 12.3. The zero-order chi connectivity index (χ0) is 19.2. The van der Waals surface area contributed by atoms with Crippen LogP contribution in [0.25, 0.3) is 0 Å². The van der Waals surface area contributed by atoms with Crippen LogP contribution in [0.3, 0.4) is 0 Å². The van der Waals surface area contributed by atoms with Crippen LogP contribution in [-0.4, -0.2) is 42.8 Å². The van der Waals surface area contributed by atoms with Crippen LogP contribution in [0.1, 0.15) is 50.8 Å². The number of furan rings is 1. The van der Waals surface area contributed by atoms with Gasteiger partial charge in [-0.3, -0.25) is 14.6 Å². The molecule has 0 atom stereocenters. The quantitative estimate of drug-likeness (QED) is 0.596. The van der Waals surface area contributed by atoms with Crippen molar-refractivity contribution >= 4 is 17.5 Å². The lowest BCUT2D eigenvalue weighted by atomic mass is 9.93. The Hall–Kier alpha value is -3.00. The van der Waals surface area contributed by atoms with Crippen molar-refractivity contribution in [1.82, 2.24) is 15.7 Å². The van der Waals surface area contributed by atoms with Gasteiger partial charge in [0.15, 0.2) is 5.76 Å². The molecule has 2 amide bonds. The maximum Gasteiger partial charge on any atom is 0.289 e. The summed E-state index contributed by atoms with van der Waals surface area (Å²) in [4.78, 5) is 28.5. The molecule has 0 bridgehead atoms. The fourth-order valence-corrected chi connectivity index (χ4v) is 3.02. The summed E-state index contributed by atoms with van der Waals surface area (Å²) in [7, 11) is 1.57. The molecule has 8 nitrogen and oxygen atoms in total. The Morgan fingerprint density at radius 2 is 2.15 bits per heavy atom. The van der Waals surface area contributed by atoms with Crippen LogP contribution < -0.4 is 10.7 Å². The lowest BCUT2D eigenvalue weighted by Crippen LogP contribution is -2.27. The van der Waals surface area contributed by atoms with Gasteiger partial charge in [-0.2, -0.15) is 5.10 Å². The van der Waals surface area contributed by atoms with Gasteiger partial charge in [0.05, 0.1) is 12.3 Å². The first-order chi connectivity index (χ1) is 13.1. The van der Waals surface area contributed by atoms with E-state index in [9.17, 15) is 9.59 Å². The van der Waals surface area contributed by atoms with Gasteiger partial charge in [-0.25, -0.2) is 5.43 Å². The van der Waals surface area contributed by atoms with Gasteiger partial charge in [-0.15, -0.1) is 0 Å². The summed E-state index contributed by atoms with van der Waals surface area (Å²) < 4.78 is 10.7. The van der Waals surface area contributed by atoms with Gasteiger partial charge in [0, 0.05) is 37.4 Å². The van der Waals surface area contributed by atoms with E-state index in [1.54, 1.807) is 31.5 Å². The van der Waals surface area contributed by atoms with Gasteiger partial charge in [-0.05, 0) is 31.9 Å². The molecule has 0 saturated heterocycles. The van der Waals surface area contributed by atoms with Crippen LogP contribution in [0, 0.1) is 6.92 Å². The molecule has 1 aliphatic rings. The summed E-state index contributed by atoms with van der Waals surface area (Å²) in [6.45, 7) is 2.66. The highest BCUT2D eigenvalue weighted by Crippen LogP contribution is 2.29. The van der Waals surface area contributed by atoms with Crippen molar-refractivity contribution < 1.29 is 18.7 Å².